The van der Waals surface area contributed by atoms with Crippen molar-refractivity contribution in [2.75, 3.05) is 12.4 Å². The number of aromatic nitrogens is 1. The highest BCUT2D eigenvalue weighted by molar-refractivity contribution is 5.71. The van der Waals surface area contributed by atoms with Crippen LogP contribution in [0, 0.1) is 21.4 Å². The maximum absolute atomic E-state index is 11.2. The van der Waals surface area contributed by atoms with Gasteiger partial charge in [0.2, 0.25) is 5.82 Å². The highest BCUT2D eigenvalue weighted by Crippen LogP contribution is 2.34. The maximum atomic E-state index is 11.2. The normalized spacial score (nSPS) is 10.1. The van der Waals surface area contributed by atoms with Crippen molar-refractivity contribution in [1.29, 1.82) is 5.26 Å². The molecule has 0 atom stereocenters. The van der Waals surface area contributed by atoms with Gasteiger partial charge in [0.1, 0.15) is 11.6 Å². The van der Waals surface area contributed by atoms with Crippen LogP contribution in [-0.4, -0.2) is 23.1 Å². The molecular weight excluding hydrogens is 312 g/mol. The van der Waals surface area contributed by atoms with Gasteiger partial charge in [-0.15, -0.1) is 0 Å². The Bertz CT molecular complexity index is 799. The summed E-state index contributed by atoms with van der Waals surface area (Å²) in [5, 5.41) is 23.1. The van der Waals surface area contributed by atoms with Crippen molar-refractivity contribution in [2.45, 2.75) is 20.0 Å². The Hall–Kier alpha value is -3.34. The first-order valence-electron chi connectivity index (χ1n) is 7.11. The SMILES string of the molecule is COc1cc(Nc2nccc(C#N)c2[N+](=O)[O-])ccc1OC(C)C. The van der Waals surface area contributed by atoms with Crippen molar-refractivity contribution in [1.82, 2.24) is 4.98 Å². The predicted molar refractivity (Wildman–Crippen MR) is 87.6 cm³/mol. The van der Waals surface area contributed by atoms with E-state index in [9.17, 15) is 10.1 Å². The van der Waals surface area contributed by atoms with Crippen LogP contribution in [0.25, 0.3) is 0 Å². The summed E-state index contributed by atoms with van der Waals surface area (Å²) in [6.45, 7) is 3.79. The molecule has 0 fully saturated rings. The number of anilines is 2. The smallest absolute Gasteiger partial charge is 0.329 e. The maximum Gasteiger partial charge on any atom is 0.329 e. The van der Waals surface area contributed by atoms with Crippen LogP contribution in [0.2, 0.25) is 0 Å². The lowest BCUT2D eigenvalue weighted by Gasteiger charge is -2.15. The summed E-state index contributed by atoms with van der Waals surface area (Å²) in [6.07, 6.45) is 1.31. The summed E-state index contributed by atoms with van der Waals surface area (Å²) < 4.78 is 10.9. The van der Waals surface area contributed by atoms with E-state index in [1.807, 2.05) is 13.8 Å². The van der Waals surface area contributed by atoms with E-state index in [1.165, 1.54) is 19.4 Å². The van der Waals surface area contributed by atoms with E-state index in [1.54, 1.807) is 24.3 Å². The molecule has 1 aromatic heterocycles. The fourth-order valence-electron chi connectivity index (χ4n) is 2.05. The zero-order chi connectivity index (χ0) is 17.7. The van der Waals surface area contributed by atoms with Gasteiger partial charge in [-0.2, -0.15) is 5.26 Å². The number of pyridine rings is 1. The van der Waals surface area contributed by atoms with Crippen LogP contribution >= 0.6 is 0 Å². The van der Waals surface area contributed by atoms with Gasteiger partial charge in [-0.05, 0) is 32.0 Å². The molecule has 0 aliphatic rings. The lowest BCUT2D eigenvalue weighted by Crippen LogP contribution is -2.07. The van der Waals surface area contributed by atoms with E-state index in [4.69, 9.17) is 14.7 Å². The summed E-state index contributed by atoms with van der Waals surface area (Å²) in [6, 6.07) is 8.11. The molecule has 0 aliphatic heterocycles. The number of hydrogen-bond acceptors (Lipinski definition) is 7. The summed E-state index contributed by atoms with van der Waals surface area (Å²) in [5.74, 6) is 1.03. The monoisotopic (exact) mass is 328 g/mol. The van der Waals surface area contributed by atoms with E-state index >= 15 is 0 Å². The minimum atomic E-state index is -0.638. The Labute approximate surface area is 138 Å². The molecule has 0 unspecified atom stereocenters. The number of methoxy groups -OCH3 is 1. The fourth-order valence-corrected chi connectivity index (χ4v) is 2.05. The highest BCUT2D eigenvalue weighted by atomic mass is 16.6. The van der Waals surface area contributed by atoms with E-state index < -0.39 is 4.92 Å². The van der Waals surface area contributed by atoms with E-state index in [2.05, 4.69) is 10.3 Å². The highest BCUT2D eigenvalue weighted by Gasteiger charge is 2.21. The molecular formula is C16H16N4O4. The molecule has 0 saturated heterocycles. The van der Waals surface area contributed by atoms with Gasteiger partial charge in [0.15, 0.2) is 11.5 Å². The average molecular weight is 328 g/mol. The van der Waals surface area contributed by atoms with Crippen LogP contribution in [0.1, 0.15) is 19.4 Å². The lowest BCUT2D eigenvalue weighted by molar-refractivity contribution is -0.384. The third kappa shape index (κ3) is 3.70. The Kier molecular flexibility index (Phi) is 5.16. The zero-order valence-corrected chi connectivity index (χ0v) is 13.4. The van der Waals surface area contributed by atoms with E-state index in [0.717, 1.165) is 0 Å². The summed E-state index contributed by atoms with van der Waals surface area (Å²) >= 11 is 0. The number of nitriles is 1. The number of nitrogens with zero attached hydrogens (tertiary/aromatic N) is 3. The van der Waals surface area contributed by atoms with Gasteiger partial charge in [-0.3, -0.25) is 10.1 Å². The first-order valence-corrected chi connectivity index (χ1v) is 7.11. The molecule has 2 rings (SSSR count). The van der Waals surface area contributed by atoms with Gasteiger partial charge in [-0.25, -0.2) is 4.98 Å². The molecule has 0 spiro atoms. The summed E-state index contributed by atoms with van der Waals surface area (Å²) in [5.41, 5.74) is 0.0827. The molecule has 0 bridgehead atoms. The number of hydrogen-bond donors (Lipinski definition) is 1. The minimum absolute atomic E-state index is 0.0152. The Morgan fingerprint density at radius 2 is 2.08 bits per heavy atom. The number of ether oxygens (including phenoxy) is 2. The largest absolute Gasteiger partial charge is 0.493 e. The second-order valence-electron chi connectivity index (χ2n) is 5.08. The van der Waals surface area contributed by atoms with Gasteiger partial charge >= 0.3 is 5.69 Å². The van der Waals surface area contributed by atoms with Crippen molar-refractivity contribution in [3.8, 4) is 17.6 Å². The molecule has 0 aliphatic carbocycles. The molecule has 8 nitrogen and oxygen atoms in total. The average Bonchev–Trinajstić information content (AvgIpc) is 2.55. The molecule has 0 saturated carbocycles. The van der Waals surface area contributed by atoms with Crippen molar-refractivity contribution >= 4 is 17.2 Å². The topological polar surface area (TPSA) is 110 Å². The quantitative estimate of drug-likeness (QED) is 0.639. The number of nitro groups is 1. The van der Waals surface area contributed by atoms with E-state index in [0.29, 0.717) is 17.2 Å². The van der Waals surface area contributed by atoms with Gasteiger partial charge in [0.05, 0.1) is 18.1 Å². The molecule has 0 radical (unpaired) electrons. The molecule has 124 valence electrons. The lowest BCUT2D eigenvalue weighted by atomic mass is 10.2. The van der Waals surface area contributed by atoms with Crippen LogP contribution in [0.15, 0.2) is 30.5 Å². The standard InChI is InChI=1S/C16H16N4O4/c1-10(2)24-13-5-4-12(8-14(13)23-3)19-16-15(20(21)22)11(9-17)6-7-18-16/h4-8,10H,1-3H3,(H,18,19). The van der Waals surface area contributed by atoms with Crippen LogP contribution in [0.5, 0.6) is 11.5 Å². The summed E-state index contributed by atoms with van der Waals surface area (Å²) in [4.78, 5) is 14.5. The van der Waals surface area contributed by atoms with Crippen LogP contribution < -0.4 is 14.8 Å². The van der Waals surface area contributed by atoms with Crippen molar-refractivity contribution in [3.05, 3.63) is 46.1 Å². The second-order valence-corrected chi connectivity index (χ2v) is 5.08. The van der Waals surface area contributed by atoms with Crippen LogP contribution in [0.3, 0.4) is 0 Å². The van der Waals surface area contributed by atoms with Crippen LogP contribution in [-0.2, 0) is 0 Å². The molecule has 8 heteroatoms. The van der Waals surface area contributed by atoms with Crippen molar-refractivity contribution in [2.24, 2.45) is 0 Å². The molecule has 1 heterocycles. The van der Waals surface area contributed by atoms with Crippen LogP contribution in [0.4, 0.5) is 17.2 Å². The van der Waals surface area contributed by atoms with Gasteiger partial charge in [-0.1, -0.05) is 0 Å². The van der Waals surface area contributed by atoms with Gasteiger partial charge in [0, 0.05) is 18.0 Å². The Morgan fingerprint density at radius 3 is 2.67 bits per heavy atom. The first kappa shape index (κ1) is 17.0. The second kappa shape index (κ2) is 7.28. The molecule has 0 amide bonds. The Balaban J connectivity index is 2.39. The number of nitrogens with one attached hydrogen (secondary N) is 1. The third-order valence-corrected chi connectivity index (χ3v) is 3.02. The van der Waals surface area contributed by atoms with Gasteiger partial charge in [0.25, 0.3) is 0 Å². The third-order valence-electron chi connectivity index (χ3n) is 3.02. The van der Waals surface area contributed by atoms with Crippen molar-refractivity contribution in [3.63, 3.8) is 0 Å². The predicted octanol–water partition coefficient (Wildman–Crippen LogP) is 3.40. The molecule has 1 N–H and O–H groups in total. The molecule has 2 aromatic rings. The summed E-state index contributed by atoms with van der Waals surface area (Å²) in [7, 11) is 1.50. The molecule has 24 heavy (non-hydrogen) atoms. The first-order chi connectivity index (χ1) is 11.5. The zero-order valence-electron chi connectivity index (χ0n) is 13.4. The van der Waals surface area contributed by atoms with Gasteiger partial charge < -0.3 is 14.8 Å². The Morgan fingerprint density at radius 1 is 1.33 bits per heavy atom. The fraction of sp³-hybridized carbons (Fsp3) is 0.250. The minimum Gasteiger partial charge on any atom is -0.493 e. The van der Waals surface area contributed by atoms with Crippen molar-refractivity contribution < 1.29 is 14.4 Å². The van der Waals surface area contributed by atoms with E-state index in [-0.39, 0.29) is 23.2 Å². The number of benzene rings is 1. The number of rotatable bonds is 6. The molecule has 1 aromatic carbocycles.